The largest absolute Gasteiger partial charge is 0.507 e. The maximum absolute atomic E-state index is 11.7. The minimum atomic E-state index is 0.313. The zero-order valence-electron chi connectivity index (χ0n) is 24.0. The molecule has 4 aromatic carbocycles. The Labute approximate surface area is 244 Å². The van der Waals surface area contributed by atoms with Crippen molar-refractivity contribution in [3.05, 3.63) is 114 Å². The van der Waals surface area contributed by atoms with Gasteiger partial charge in [0.1, 0.15) is 11.5 Å². The summed E-state index contributed by atoms with van der Waals surface area (Å²) in [6.07, 6.45) is 1.81. The second kappa shape index (κ2) is 10.5. The summed E-state index contributed by atoms with van der Waals surface area (Å²) in [7, 11) is 0. The summed E-state index contributed by atoms with van der Waals surface area (Å²) in [6, 6.07) is 30.8. The summed E-state index contributed by atoms with van der Waals surface area (Å²) in [6.45, 7) is 7.48. The lowest BCUT2D eigenvalue weighted by Crippen LogP contribution is -2.23. The summed E-state index contributed by atoms with van der Waals surface area (Å²) in [4.78, 5) is 6.82. The van der Waals surface area contributed by atoms with E-state index in [-0.39, 0.29) is 0 Å². The van der Waals surface area contributed by atoms with Crippen molar-refractivity contribution in [2.75, 3.05) is 0 Å². The van der Waals surface area contributed by atoms with Crippen LogP contribution in [0.4, 0.5) is 0 Å². The molecule has 0 aliphatic rings. The van der Waals surface area contributed by atoms with Crippen molar-refractivity contribution < 1.29 is 10.2 Å². The van der Waals surface area contributed by atoms with Gasteiger partial charge >= 0.3 is 0 Å². The molecule has 6 heteroatoms. The normalized spacial score (nSPS) is 12.0. The van der Waals surface area contributed by atoms with Crippen LogP contribution >= 0.6 is 0 Å². The van der Waals surface area contributed by atoms with Crippen LogP contribution < -0.4 is 0 Å². The Morgan fingerprint density at radius 1 is 0.571 bits per heavy atom. The molecular formula is C36H34N4O2. The monoisotopic (exact) mass is 554 g/mol. The van der Waals surface area contributed by atoms with Crippen molar-refractivity contribution in [3.63, 3.8) is 0 Å². The number of para-hydroxylation sites is 2. The maximum atomic E-state index is 11.7. The second-order valence-electron chi connectivity index (χ2n) is 10.9. The Morgan fingerprint density at radius 2 is 1.07 bits per heavy atom. The van der Waals surface area contributed by atoms with Gasteiger partial charge in [-0.3, -0.25) is 9.88 Å². The fourth-order valence-corrected chi connectivity index (χ4v) is 6.64. The summed E-state index contributed by atoms with van der Waals surface area (Å²) < 4.78 is 4.50. The minimum absolute atomic E-state index is 0.313. The Kier molecular flexibility index (Phi) is 6.56. The van der Waals surface area contributed by atoms with E-state index < -0.39 is 0 Å². The molecule has 0 aliphatic carbocycles. The van der Waals surface area contributed by atoms with Crippen molar-refractivity contribution in [3.8, 4) is 11.5 Å². The number of phenolic OH excluding ortho intramolecular Hbond substituents is 2. The van der Waals surface area contributed by atoms with Gasteiger partial charge in [-0.2, -0.15) is 0 Å². The number of aromatic nitrogens is 3. The van der Waals surface area contributed by atoms with Crippen LogP contribution in [0.2, 0.25) is 0 Å². The molecule has 3 aromatic heterocycles. The third kappa shape index (κ3) is 4.18. The molecule has 7 rings (SSSR count). The van der Waals surface area contributed by atoms with Gasteiger partial charge in [0.05, 0.1) is 16.7 Å². The fourth-order valence-electron chi connectivity index (χ4n) is 6.64. The van der Waals surface area contributed by atoms with Gasteiger partial charge in [-0.25, -0.2) is 0 Å². The molecule has 7 aromatic rings. The van der Waals surface area contributed by atoms with Gasteiger partial charge < -0.3 is 19.3 Å². The highest BCUT2D eigenvalue weighted by atomic mass is 16.3. The predicted octanol–water partition coefficient (Wildman–Crippen LogP) is 7.95. The lowest BCUT2D eigenvalue weighted by atomic mass is 10.0. The van der Waals surface area contributed by atoms with Crippen molar-refractivity contribution >= 4 is 43.6 Å². The van der Waals surface area contributed by atoms with E-state index in [1.54, 1.807) is 6.20 Å². The molecule has 0 spiro atoms. The third-order valence-corrected chi connectivity index (χ3v) is 8.52. The summed E-state index contributed by atoms with van der Waals surface area (Å²) in [5.41, 5.74) is 6.94. The molecule has 42 heavy (non-hydrogen) atoms. The van der Waals surface area contributed by atoms with E-state index in [1.807, 2.05) is 54.6 Å². The van der Waals surface area contributed by atoms with E-state index in [4.69, 9.17) is 0 Å². The summed E-state index contributed by atoms with van der Waals surface area (Å²) in [5.74, 6) is 0.625. The van der Waals surface area contributed by atoms with Crippen LogP contribution in [0.25, 0.3) is 43.6 Å². The molecule has 0 unspecified atom stereocenters. The van der Waals surface area contributed by atoms with Gasteiger partial charge in [0, 0.05) is 82.6 Å². The van der Waals surface area contributed by atoms with E-state index in [2.05, 4.69) is 69.3 Å². The minimum Gasteiger partial charge on any atom is -0.507 e. The van der Waals surface area contributed by atoms with E-state index in [0.717, 1.165) is 73.5 Å². The molecule has 6 nitrogen and oxygen atoms in total. The van der Waals surface area contributed by atoms with E-state index in [9.17, 15) is 10.2 Å². The van der Waals surface area contributed by atoms with Crippen LogP contribution in [0.3, 0.4) is 0 Å². The van der Waals surface area contributed by atoms with E-state index in [1.165, 1.54) is 0 Å². The Balaban J connectivity index is 1.32. The van der Waals surface area contributed by atoms with Gasteiger partial charge in [-0.05, 0) is 50.2 Å². The number of benzene rings is 4. The van der Waals surface area contributed by atoms with Gasteiger partial charge in [-0.1, -0.05) is 54.6 Å². The first-order chi connectivity index (χ1) is 20.6. The average Bonchev–Trinajstić information content (AvgIpc) is 3.53. The van der Waals surface area contributed by atoms with Crippen LogP contribution in [0.5, 0.6) is 11.5 Å². The molecular weight excluding hydrogens is 520 g/mol. The standard InChI is InChI=1S/C36H34N4O2/c1-3-39-29-14-7-5-12-27(29)33-31(39)18-16-24(35(33)41)21-38(23-26-11-9-10-20-37-26)22-25-17-19-32-34(36(25)42)28-13-6-8-15-30(28)40(32)4-2/h5-20,41-42H,3-4,21-23H2,1-2H3. The molecule has 3 heterocycles. The molecule has 0 fully saturated rings. The van der Waals surface area contributed by atoms with Crippen molar-refractivity contribution in [1.29, 1.82) is 0 Å². The van der Waals surface area contributed by atoms with Crippen molar-refractivity contribution in [1.82, 2.24) is 19.0 Å². The third-order valence-electron chi connectivity index (χ3n) is 8.52. The molecule has 0 amide bonds. The number of aryl methyl sites for hydroxylation is 2. The lowest BCUT2D eigenvalue weighted by Gasteiger charge is -2.24. The van der Waals surface area contributed by atoms with Crippen LogP contribution in [0.15, 0.2) is 97.2 Å². The Morgan fingerprint density at radius 3 is 1.55 bits per heavy atom. The van der Waals surface area contributed by atoms with E-state index in [0.29, 0.717) is 31.1 Å². The van der Waals surface area contributed by atoms with E-state index >= 15 is 0 Å². The van der Waals surface area contributed by atoms with Crippen LogP contribution in [0, 0.1) is 0 Å². The Bertz CT molecular complexity index is 1940. The number of nitrogens with zero attached hydrogens (tertiary/aromatic N) is 4. The molecule has 0 saturated heterocycles. The van der Waals surface area contributed by atoms with Gasteiger partial charge in [0.15, 0.2) is 0 Å². The zero-order chi connectivity index (χ0) is 28.8. The average molecular weight is 555 g/mol. The summed E-state index contributed by atoms with van der Waals surface area (Å²) >= 11 is 0. The lowest BCUT2D eigenvalue weighted by molar-refractivity contribution is 0.239. The number of hydrogen-bond acceptors (Lipinski definition) is 4. The van der Waals surface area contributed by atoms with Gasteiger partial charge in [0.25, 0.3) is 0 Å². The number of fused-ring (bicyclic) bond motifs is 6. The first-order valence-corrected chi connectivity index (χ1v) is 14.6. The van der Waals surface area contributed by atoms with Crippen LogP contribution in [-0.4, -0.2) is 29.2 Å². The highest BCUT2D eigenvalue weighted by molar-refractivity contribution is 6.12. The topological polar surface area (TPSA) is 66.4 Å². The SMILES string of the molecule is CCn1c2ccccc2c2c(O)c(CN(Cc3ccccn3)Cc3ccc4c(c3O)c3ccccc3n4CC)ccc21. The van der Waals surface area contributed by atoms with Crippen LogP contribution in [0.1, 0.15) is 30.7 Å². The smallest absolute Gasteiger partial charge is 0.130 e. The van der Waals surface area contributed by atoms with Crippen molar-refractivity contribution in [2.45, 2.75) is 46.6 Å². The quantitative estimate of drug-likeness (QED) is 0.200. The first kappa shape index (κ1) is 26.1. The molecule has 210 valence electrons. The number of rotatable bonds is 8. The Hall–Kier alpha value is -4.81. The molecule has 0 radical (unpaired) electrons. The summed E-state index contributed by atoms with van der Waals surface area (Å²) in [5, 5.41) is 27.2. The second-order valence-corrected chi connectivity index (χ2v) is 10.9. The first-order valence-electron chi connectivity index (χ1n) is 14.6. The molecule has 0 saturated carbocycles. The highest BCUT2D eigenvalue weighted by Crippen LogP contribution is 2.40. The number of phenols is 2. The number of hydrogen-bond donors (Lipinski definition) is 2. The molecule has 0 aliphatic heterocycles. The van der Waals surface area contributed by atoms with Crippen LogP contribution in [-0.2, 0) is 32.7 Å². The molecule has 0 bridgehead atoms. The molecule has 2 N–H and O–H groups in total. The predicted molar refractivity (Wildman–Crippen MR) is 171 cm³/mol. The van der Waals surface area contributed by atoms with Gasteiger partial charge in [-0.15, -0.1) is 0 Å². The van der Waals surface area contributed by atoms with Gasteiger partial charge in [0.2, 0.25) is 0 Å². The maximum Gasteiger partial charge on any atom is 0.130 e. The fraction of sp³-hybridized carbons (Fsp3) is 0.194. The zero-order valence-corrected chi connectivity index (χ0v) is 24.0. The molecule has 0 atom stereocenters. The highest BCUT2D eigenvalue weighted by Gasteiger charge is 2.21. The van der Waals surface area contributed by atoms with Crippen molar-refractivity contribution in [2.24, 2.45) is 0 Å². The number of pyridine rings is 1. The number of aromatic hydroxyl groups is 2.